The average molecular weight is 142 g/mol. The monoisotopic (exact) mass is 142 g/mol. The van der Waals surface area contributed by atoms with Crippen LogP contribution in [0.2, 0.25) is 0 Å². The van der Waals surface area contributed by atoms with Gasteiger partial charge >= 0.3 is 6.03 Å². The van der Waals surface area contributed by atoms with Gasteiger partial charge in [0.1, 0.15) is 0 Å². The highest BCUT2D eigenvalue weighted by Gasteiger charge is 2.27. The van der Waals surface area contributed by atoms with Crippen LogP contribution in [0.4, 0.5) is 4.79 Å². The summed E-state index contributed by atoms with van der Waals surface area (Å²) in [6, 6.07) is 0.137. The van der Waals surface area contributed by atoms with Crippen molar-refractivity contribution in [2.75, 3.05) is 27.2 Å². The minimum Gasteiger partial charge on any atom is -0.331 e. The van der Waals surface area contributed by atoms with Gasteiger partial charge in [-0.3, -0.25) is 0 Å². The van der Waals surface area contributed by atoms with Crippen LogP contribution in [-0.4, -0.2) is 43.0 Å². The summed E-state index contributed by atoms with van der Waals surface area (Å²) in [4.78, 5) is 14.6. The van der Waals surface area contributed by atoms with Crippen molar-refractivity contribution in [2.45, 2.75) is 6.92 Å². The van der Waals surface area contributed by atoms with E-state index in [2.05, 4.69) is 6.92 Å². The Balaban J connectivity index is 2.31. The molecule has 0 N–H and O–H groups in total. The summed E-state index contributed by atoms with van der Waals surface area (Å²) in [6.07, 6.45) is 0. The molecule has 1 saturated heterocycles. The van der Waals surface area contributed by atoms with Gasteiger partial charge in [-0.15, -0.1) is 0 Å². The molecular weight excluding hydrogens is 128 g/mol. The number of carbonyl (C=O) groups is 1. The molecule has 0 atom stereocenters. The van der Waals surface area contributed by atoms with E-state index in [0.717, 1.165) is 13.1 Å². The van der Waals surface area contributed by atoms with Crippen molar-refractivity contribution >= 4 is 6.03 Å². The summed E-state index contributed by atoms with van der Waals surface area (Å²) in [5, 5.41) is 0. The Morgan fingerprint density at radius 3 is 2.30 bits per heavy atom. The van der Waals surface area contributed by atoms with Gasteiger partial charge in [0.05, 0.1) is 0 Å². The number of amides is 2. The van der Waals surface area contributed by atoms with E-state index < -0.39 is 0 Å². The molecule has 0 spiro atoms. The Hall–Kier alpha value is -0.730. The molecule has 0 aliphatic carbocycles. The van der Waals surface area contributed by atoms with E-state index in [0.29, 0.717) is 5.92 Å². The molecule has 58 valence electrons. The van der Waals surface area contributed by atoms with E-state index in [1.807, 2.05) is 4.90 Å². The van der Waals surface area contributed by atoms with Gasteiger partial charge in [-0.05, 0) is 5.92 Å². The molecule has 0 aromatic rings. The zero-order valence-electron chi connectivity index (χ0n) is 6.79. The second-order valence-electron chi connectivity index (χ2n) is 3.19. The van der Waals surface area contributed by atoms with Crippen LogP contribution < -0.4 is 0 Å². The molecule has 0 saturated carbocycles. The molecule has 1 aliphatic heterocycles. The second-order valence-corrected chi connectivity index (χ2v) is 3.19. The van der Waals surface area contributed by atoms with Crippen LogP contribution in [0.15, 0.2) is 0 Å². The predicted octanol–water partition coefficient (Wildman–Crippen LogP) is 0.620. The molecule has 2 amide bonds. The van der Waals surface area contributed by atoms with Gasteiger partial charge in [0.25, 0.3) is 0 Å². The van der Waals surface area contributed by atoms with Gasteiger partial charge in [-0.2, -0.15) is 0 Å². The van der Waals surface area contributed by atoms with E-state index in [9.17, 15) is 4.79 Å². The fourth-order valence-electron chi connectivity index (χ4n) is 1.14. The van der Waals surface area contributed by atoms with Gasteiger partial charge in [0, 0.05) is 27.2 Å². The number of carbonyl (C=O) groups excluding carboxylic acids is 1. The summed E-state index contributed by atoms with van der Waals surface area (Å²) in [5.74, 6) is 0.698. The lowest BCUT2D eigenvalue weighted by Crippen LogP contribution is -2.52. The highest BCUT2D eigenvalue weighted by atomic mass is 16.2. The maximum Gasteiger partial charge on any atom is 0.319 e. The largest absolute Gasteiger partial charge is 0.331 e. The van der Waals surface area contributed by atoms with E-state index in [-0.39, 0.29) is 6.03 Å². The molecular formula is C7H14N2O. The topological polar surface area (TPSA) is 23.6 Å². The fourth-order valence-corrected chi connectivity index (χ4v) is 1.14. The van der Waals surface area contributed by atoms with Crippen LogP contribution in [0.25, 0.3) is 0 Å². The number of likely N-dealkylation sites (tertiary alicyclic amines) is 1. The van der Waals surface area contributed by atoms with Crippen molar-refractivity contribution in [1.29, 1.82) is 0 Å². The molecule has 0 radical (unpaired) electrons. The summed E-state index contributed by atoms with van der Waals surface area (Å²) in [7, 11) is 3.57. The third-order valence-corrected chi connectivity index (χ3v) is 1.72. The van der Waals surface area contributed by atoms with Crippen LogP contribution in [-0.2, 0) is 0 Å². The molecule has 3 heteroatoms. The Bertz CT molecular complexity index is 139. The first-order chi connectivity index (χ1) is 4.61. The van der Waals surface area contributed by atoms with Crippen molar-refractivity contribution in [2.24, 2.45) is 5.92 Å². The third kappa shape index (κ3) is 1.23. The Morgan fingerprint density at radius 1 is 1.50 bits per heavy atom. The standard InChI is InChI=1S/C7H14N2O/c1-6-4-9(5-6)7(10)8(2)3/h6H,4-5H2,1-3H3. The molecule has 3 nitrogen and oxygen atoms in total. The molecule has 0 bridgehead atoms. The minimum absolute atomic E-state index is 0.137. The minimum atomic E-state index is 0.137. The maximum atomic E-state index is 11.1. The lowest BCUT2D eigenvalue weighted by Gasteiger charge is -2.38. The van der Waals surface area contributed by atoms with Crippen molar-refractivity contribution in [3.05, 3.63) is 0 Å². The maximum absolute atomic E-state index is 11.1. The van der Waals surface area contributed by atoms with Gasteiger partial charge < -0.3 is 9.80 Å². The first-order valence-electron chi connectivity index (χ1n) is 3.57. The normalized spacial score (nSPS) is 18.5. The first-order valence-corrected chi connectivity index (χ1v) is 3.57. The van der Waals surface area contributed by atoms with Crippen molar-refractivity contribution in [3.8, 4) is 0 Å². The molecule has 1 heterocycles. The predicted molar refractivity (Wildman–Crippen MR) is 39.8 cm³/mol. The molecule has 10 heavy (non-hydrogen) atoms. The van der Waals surface area contributed by atoms with Crippen molar-refractivity contribution in [1.82, 2.24) is 9.80 Å². The zero-order valence-corrected chi connectivity index (χ0v) is 6.79. The number of hydrogen-bond acceptors (Lipinski definition) is 1. The fraction of sp³-hybridized carbons (Fsp3) is 0.857. The second kappa shape index (κ2) is 2.48. The van der Waals surface area contributed by atoms with Crippen LogP contribution in [0.1, 0.15) is 6.92 Å². The number of hydrogen-bond donors (Lipinski definition) is 0. The first kappa shape index (κ1) is 7.38. The van der Waals surface area contributed by atoms with Crippen LogP contribution in [0, 0.1) is 5.92 Å². The third-order valence-electron chi connectivity index (χ3n) is 1.72. The highest BCUT2D eigenvalue weighted by Crippen LogP contribution is 2.14. The van der Waals surface area contributed by atoms with Gasteiger partial charge in [-0.1, -0.05) is 6.92 Å². The summed E-state index contributed by atoms with van der Waals surface area (Å²) >= 11 is 0. The number of urea groups is 1. The smallest absolute Gasteiger partial charge is 0.319 e. The van der Waals surface area contributed by atoms with Gasteiger partial charge in [0.2, 0.25) is 0 Å². The van der Waals surface area contributed by atoms with E-state index >= 15 is 0 Å². The van der Waals surface area contributed by atoms with Gasteiger partial charge in [0.15, 0.2) is 0 Å². The molecule has 0 unspecified atom stereocenters. The average Bonchev–Trinajstić information content (AvgIpc) is 1.79. The lowest BCUT2D eigenvalue weighted by atomic mass is 10.0. The van der Waals surface area contributed by atoms with Gasteiger partial charge in [-0.25, -0.2) is 4.79 Å². The van der Waals surface area contributed by atoms with E-state index in [4.69, 9.17) is 0 Å². The van der Waals surface area contributed by atoms with Crippen LogP contribution in [0.5, 0.6) is 0 Å². The molecule has 0 aromatic heterocycles. The van der Waals surface area contributed by atoms with Crippen LogP contribution >= 0.6 is 0 Å². The SMILES string of the molecule is CC1CN(C(=O)N(C)C)C1. The molecule has 1 aliphatic rings. The van der Waals surface area contributed by atoms with E-state index in [1.54, 1.807) is 19.0 Å². The van der Waals surface area contributed by atoms with E-state index in [1.165, 1.54) is 0 Å². The summed E-state index contributed by atoms with van der Waals surface area (Å²) in [5.41, 5.74) is 0. The highest BCUT2D eigenvalue weighted by molar-refractivity contribution is 5.74. The molecule has 1 fully saturated rings. The summed E-state index contributed by atoms with van der Waals surface area (Å²) < 4.78 is 0. The lowest BCUT2D eigenvalue weighted by molar-refractivity contribution is 0.109. The number of nitrogens with zero attached hydrogens (tertiary/aromatic N) is 2. The zero-order chi connectivity index (χ0) is 7.72. The number of rotatable bonds is 0. The Kier molecular flexibility index (Phi) is 1.83. The van der Waals surface area contributed by atoms with Crippen molar-refractivity contribution in [3.63, 3.8) is 0 Å². The van der Waals surface area contributed by atoms with Crippen molar-refractivity contribution < 1.29 is 4.79 Å². The van der Waals surface area contributed by atoms with Crippen LogP contribution in [0.3, 0.4) is 0 Å². The Labute approximate surface area is 61.6 Å². The molecule has 0 aromatic carbocycles. The molecule has 1 rings (SSSR count). The Morgan fingerprint density at radius 2 is 2.00 bits per heavy atom. The quantitative estimate of drug-likeness (QED) is 0.486. The summed E-state index contributed by atoms with van der Waals surface area (Å²) in [6.45, 7) is 4.01.